The van der Waals surface area contributed by atoms with Gasteiger partial charge < -0.3 is 15.6 Å². The lowest BCUT2D eigenvalue weighted by Gasteiger charge is -2.06. The third-order valence-corrected chi connectivity index (χ3v) is 5.12. The highest BCUT2D eigenvalue weighted by Gasteiger charge is 2.13. The first-order valence-corrected chi connectivity index (χ1v) is 9.54. The number of anilines is 3. The third-order valence-electron chi connectivity index (χ3n) is 4.10. The first kappa shape index (κ1) is 19.4. The van der Waals surface area contributed by atoms with E-state index >= 15 is 0 Å². The summed E-state index contributed by atoms with van der Waals surface area (Å²) in [5.41, 5.74) is 2.74. The van der Waals surface area contributed by atoms with E-state index in [1.807, 2.05) is 6.92 Å². The molecule has 3 N–H and O–H groups in total. The molecular weight excluding hydrogens is 435 g/mol. The van der Waals surface area contributed by atoms with E-state index in [0.29, 0.717) is 43.6 Å². The van der Waals surface area contributed by atoms with Crippen molar-refractivity contribution in [3.63, 3.8) is 0 Å². The van der Waals surface area contributed by atoms with E-state index in [2.05, 4.69) is 30.6 Å². The number of amides is 1. The van der Waals surface area contributed by atoms with Gasteiger partial charge in [0.1, 0.15) is 17.0 Å². The maximum absolute atomic E-state index is 12.5. The number of benzene rings is 1. The molecule has 0 aliphatic carbocycles. The second-order valence-electron chi connectivity index (χ2n) is 6.17. The number of pyridine rings is 2. The molecule has 7 nitrogen and oxygen atoms in total. The molecule has 0 radical (unpaired) electrons. The Kier molecular flexibility index (Phi) is 5.27. The Morgan fingerprint density at radius 2 is 1.79 bits per heavy atom. The number of rotatable bonds is 4. The van der Waals surface area contributed by atoms with Gasteiger partial charge in [-0.25, -0.2) is 15.0 Å². The lowest BCUT2D eigenvalue weighted by atomic mass is 10.3. The number of aromatic nitrogens is 4. The Balaban J connectivity index is 1.58. The van der Waals surface area contributed by atoms with E-state index in [4.69, 9.17) is 34.8 Å². The van der Waals surface area contributed by atoms with Crippen LogP contribution in [0.1, 0.15) is 16.1 Å². The number of H-pyrrole nitrogens is 1. The fourth-order valence-corrected chi connectivity index (χ4v) is 3.22. The van der Waals surface area contributed by atoms with Crippen LogP contribution in [0.3, 0.4) is 0 Å². The number of hydrogen-bond acceptors (Lipinski definition) is 5. The average molecular weight is 448 g/mol. The number of para-hydroxylation sites is 1. The number of fused-ring (bicyclic) bond motifs is 1. The van der Waals surface area contributed by atoms with Crippen LogP contribution >= 0.6 is 34.8 Å². The topological polar surface area (TPSA) is 95.6 Å². The number of imidazole rings is 1. The van der Waals surface area contributed by atoms with Crippen LogP contribution in [0.2, 0.25) is 15.1 Å². The Labute approximate surface area is 180 Å². The number of aryl methyl sites for hydroxylation is 1. The van der Waals surface area contributed by atoms with Crippen molar-refractivity contribution in [3.05, 3.63) is 69.1 Å². The molecule has 3 aromatic heterocycles. The molecule has 4 aromatic rings. The predicted octanol–water partition coefficient (Wildman–Crippen LogP) is 5.62. The van der Waals surface area contributed by atoms with Gasteiger partial charge in [-0.3, -0.25) is 4.79 Å². The third kappa shape index (κ3) is 4.12. The van der Waals surface area contributed by atoms with Crippen molar-refractivity contribution in [3.8, 4) is 0 Å². The highest BCUT2D eigenvalue weighted by Crippen LogP contribution is 2.32. The van der Waals surface area contributed by atoms with Gasteiger partial charge in [-0.1, -0.05) is 40.9 Å². The number of aromatic amines is 1. The van der Waals surface area contributed by atoms with E-state index < -0.39 is 5.91 Å². The Morgan fingerprint density at radius 3 is 2.52 bits per heavy atom. The summed E-state index contributed by atoms with van der Waals surface area (Å²) in [6, 6.07) is 8.47. The lowest BCUT2D eigenvalue weighted by molar-refractivity contribution is 0.102. The molecular formula is C19H13Cl3N6O. The highest BCUT2D eigenvalue weighted by atomic mass is 35.5. The van der Waals surface area contributed by atoms with Gasteiger partial charge in [0, 0.05) is 6.20 Å². The van der Waals surface area contributed by atoms with Gasteiger partial charge in [0.2, 0.25) is 5.95 Å². The molecule has 0 aliphatic heterocycles. The summed E-state index contributed by atoms with van der Waals surface area (Å²) in [7, 11) is 0. The zero-order valence-corrected chi connectivity index (χ0v) is 17.2. The summed E-state index contributed by atoms with van der Waals surface area (Å²) in [5.74, 6) is 0.405. The second kappa shape index (κ2) is 7.87. The largest absolute Gasteiger partial charge is 0.324 e. The van der Waals surface area contributed by atoms with Gasteiger partial charge in [0.15, 0.2) is 0 Å². The minimum atomic E-state index is -0.403. The molecule has 1 amide bonds. The molecule has 3 heterocycles. The van der Waals surface area contributed by atoms with Gasteiger partial charge in [0.05, 0.1) is 32.5 Å². The normalized spacial score (nSPS) is 10.9. The summed E-state index contributed by atoms with van der Waals surface area (Å²) < 4.78 is 0. The number of carbonyl (C=O) groups is 1. The molecule has 146 valence electrons. The zero-order valence-electron chi connectivity index (χ0n) is 14.9. The molecule has 0 atom stereocenters. The molecule has 0 spiro atoms. The zero-order chi connectivity index (χ0) is 20.5. The minimum absolute atomic E-state index is 0.206. The Bertz CT molecular complexity index is 1220. The second-order valence-corrected chi connectivity index (χ2v) is 7.39. The van der Waals surface area contributed by atoms with Crippen LogP contribution in [-0.2, 0) is 0 Å². The first-order valence-electron chi connectivity index (χ1n) is 8.41. The smallest absolute Gasteiger partial charge is 0.275 e. The quantitative estimate of drug-likeness (QED) is 0.377. The molecule has 0 saturated heterocycles. The van der Waals surface area contributed by atoms with Crippen molar-refractivity contribution in [2.75, 3.05) is 10.6 Å². The van der Waals surface area contributed by atoms with E-state index in [1.165, 1.54) is 12.4 Å². The summed E-state index contributed by atoms with van der Waals surface area (Å²) >= 11 is 18.3. The molecule has 1 aromatic carbocycles. The molecule has 0 bridgehead atoms. The SMILES string of the molecule is Cc1cc(NC(=O)c2cc3[nH]c(Nc4c(Cl)cccc4Cl)nc3cn2)ncc1Cl. The van der Waals surface area contributed by atoms with Crippen LogP contribution in [0.15, 0.2) is 42.7 Å². The van der Waals surface area contributed by atoms with Crippen LogP contribution < -0.4 is 10.6 Å². The summed E-state index contributed by atoms with van der Waals surface area (Å²) in [5, 5.41) is 7.19. The monoisotopic (exact) mass is 446 g/mol. The van der Waals surface area contributed by atoms with Crippen molar-refractivity contribution in [2.24, 2.45) is 0 Å². The molecule has 0 saturated carbocycles. The lowest BCUT2D eigenvalue weighted by Crippen LogP contribution is -2.14. The summed E-state index contributed by atoms with van der Waals surface area (Å²) in [6.45, 7) is 1.83. The predicted molar refractivity (Wildman–Crippen MR) is 116 cm³/mol. The van der Waals surface area contributed by atoms with Crippen molar-refractivity contribution in [1.29, 1.82) is 0 Å². The molecule has 0 aliphatic rings. The van der Waals surface area contributed by atoms with Crippen molar-refractivity contribution >= 4 is 69.2 Å². The van der Waals surface area contributed by atoms with Crippen molar-refractivity contribution < 1.29 is 4.79 Å². The summed E-state index contributed by atoms with van der Waals surface area (Å²) in [4.78, 5) is 28.2. The van der Waals surface area contributed by atoms with Gasteiger partial charge >= 0.3 is 0 Å². The number of hydrogen-bond donors (Lipinski definition) is 3. The van der Waals surface area contributed by atoms with Gasteiger partial charge in [0.25, 0.3) is 5.91 Å². The average Bonchev–Trinajstić information content (AvgIpc) is 3.09. The van der Waals surface area contributed by atoms with E-state index in [0.717, 1.165) is 5.56 Å². The number of nitrogens with one attached hydrogen (secondary N) is 3. The Hall–Kier alpha value is -2.87. The van der Waals surface area contributed by atoms with Gasteiger partial charge in [-0.05, 0) is 36.8 Å². The first-order chi connectivity index (χ1) is 13.9. The maximum atomic E-state index is 12.5. The van der Waals surface area contributed by atoms with E-state index in [1.54, 1.807) is 30.3 Å². The fourth-order valence-electron chi connectivity index (χ4n) is 2.62. The van der Waals surface area contributed by atoms with E-state index in [-0.39, 0.29) is 5.69 Å². The van der Waals surface area contributed by atoms with Crippen molar-refractivity contribution in [1.82, 2.24) is 19.9 Å². The molecule has 0 fully saturated rings. The van der Waals surface area contributed by atoms with Crippen LogP contribution in [0.5, 0.6) is 0 Å². The van der Waals surface area contributed by atoms with Crippen LogP contribution in [0.4, 0.5) is 17.5 Å². The van der Waals surface area contributed by atoms with Crippen LogP contribution in [0.25, 0.3) is 11.0 Å². The van der Waals surface area contributed by atoms with Crippen LogP contribution in [-0.4, -0.2) is 25.8 Å². The fraction of sp³-hybridized carbons (Fsp3) is 0.0526. The molecule has 4 rings (SSSR count). The molecule has 0 unspecified atom stereocenters. The number of carbonyl (C=O) groups excluding carboxylic acids is 1. The summed E-state index contributed by atoms with van der Waals surface area (Å²) in [6.07, 6.45) is 2.98. The van der Waals surface area contributed by atoms with Crippen molar-refractivity contribution in [2.45, 2.75) is 6.92 Å². The molecule has 29 heavy (non-hydrogen) atoms. The number of halogens is 3. The van der Waals surface area contributed by atoms with Gasteiger partial charge in [-0.15, -0.1) is 0 Å². The Morgan fingerprint density at radius 1 is 1.03 bits per heavy atom. The standard InChI is InChI=1S/C19H13Cl3N6O/c1-9-5-16(24-7-12(9)22)27-18(29)14-6-13-15(8-23-14)26-19(25-13)28-17-10(20)3-2-4-11(17)21/h2-8H,1H3,(H,24,27,29)(H2,25,26,28). The molecule has 10 heteroatoms. The number of nitrogens with zero attached hydrogens (tertiary/aromatic N) is 3. The van der Waals surface area contributed by atoms with Crippen LogP contribution in [0, 0.1) is 6.92 Å². The van der Waals surface area contributed by atoms with E-state index in [9.17, 15) is 4.79 Å². The maximum Gasteiger partial charge on any atom is 0.275 e. The minimum Gasteiger partial charge on any atom is -0.324 e. The van der Waals surface area contributed by atoms with Gasteiger partial charge in [-0.2, -0.15) is 0 Å². The highest BCUT2D eigenvalue weighted by molar-refractivity contribution is 6.39.